The number of benzene rings is 1. The predicted molar refractivity (Wildman–Crippen MR) is 96.9 cm³/mol. The number of halogens is 2. The van der Waals surface area contributed by atoms with Crippen LogP contribution in [0.1, 0.15) is 50.5 Å². The van der Waals surface area contributed by atoms with Crippen LogP contribution < -0.4 is 5.32 Å². The molecule has 4 heteroatoms. The first-order valence-corrected chi connectivity index (χ1v) is 9.38. The molecule has 1 saturated heterocycles. The van der Waals surface area contributed by atoms with Crippen LogP contribution in [0.2, 0.25) is 10.0 Å². The van der Waals surface area contributed by atoms with Crippen LogP contribution in [0.3, 0.4) is 0 Å². The minimum absolute atomic E-state index is 0.624. The molecule has 0 aliphatic carbocycles. The van der Waals surface area contributed by atoms with Gasteiger partial charge in [0, 0.05) is 6.54 Å². The zero-order valence-corrected chi connectivity index (χ0v) is 14.9. The number of rotatable bonds is 9. The average Bonchev–Trinajstić information content (AvgIpc) is 2.54. The lowest BCUT2D eigenvalue weighted by molar-refractivity contribution is 0.224. The number of nitrogens with one attached hydrogen (secondary N) is 1. The van der Waals surface area contributed by atoms with Gasteiger partial charge in [-0.2, -0.15) is 0 Å². The van der Waals surface area contributed by atoms with E-state index in [-0.39, 0.29) is 0 Å². The number of nitrogens with zero attached hydrogens (tertiary/aromatic N) is 1. The Kier molecular flexibility index (Phi) is 8.61. The minimum atomic E-state index is 0.624. The molecule has 1 aliphatic heterocycles. The molecule has 1 heterocycles. The normalized spacial score (nSPS) is 16.1. The van der Waals surface area contributed by atoms with Gasteiger partial charge >= 0.3 is 0 Å². The highest BCUT2D eigenvalue weighted by Crippen LogP contribution is 2.22. The first-order chi connectivity index (χ1) is 10.8. The third-order valence-electron chi connectivity index (χ3n) is 4.34. The van der Waals surface area contributed by atoms with Crippen LogP contribution in [0.15, 0.2) is 18.2 Å². The van der Waals surface area contributed by atoms with E-state index in [1.165, 1.54) is 70.1 Å². The summed E-state index contributed by atoms with van der Waals surface area (Å²) in [7, 11) is 0. The van der Waals surface area contributed by atoms with Gasteiger partial charge in [-0.05, 0) is 69.6 Å². The maximum absolute atomic E-state index is 6.01. The second kappa shape index (κ2) is 10.5. The highest BCUT2D eigenvalue weighted by molar-refractivity contribution is 6.42. The highest BCUT2D eigenvalue weighted by atomic mass is 35.5. The van der Waals surface area contributed by atoms with Gasteiger partial charge in [0.25, 0.3) is 0 Å². The lowest BCUT2D eigenvalue weighted by atomic mass is 10.1. The molecule has 0 aromatic heterocycles. The quantitative estimate of drug-likeness (QED) is 0.625. The molecule has 0 atom stereocenters. The van der Waals surface area contributed by atoms with Crippen molar-refractivity contribution in [2.45, 2.75) is 51.5 Å². The smallest absolute Gasteiger partial charge is 0.0595 e. The van der Waals surface area contributed by atoms with Crippen LogP contribution >= 0.6 is 23.2 Å². The van der Waals surface area contributed by atoms with E-state index in [4.69, 9.17) is 23.2 Å². The Morgan fingerprint density at radius 1 is 0.909 bits per heavy atom. The Morgan fingerprint density at radius 2 is 1.68 bits per heavy atom. The summed E-state index contributed by atoms with van der Waals surface area (Å²) >= 11 is 11.9. The molecule has 0 amide bonds. The van der Waals surface area contributed by atoms with E-state index in [1.54, 1.807) is 0 Å². The topological polar surface area (TPSA) is 15.3 Å². The standard InChI is InChI=1S/C18H28Cl2N2/c19-17-9-8-16(14-18(17)20)15-21-10-4-1-2-5-11-22-12-6-3-7-13-22/h8-9,14,21H,1-7,10-13,15H2. The number of unbranched alkanes of at least 4 members (excludes halogenated alkanes) is 3. The molecule has 1 aromatic rings. The lowest BCUT2D eigenvalue weighted by Gasteiger charge is -2.26. The zero-order valence-electron chi connectivity index (χ0n) is 13.4. The molecule has 0 spiro atoms. The summed E-state index contributed by atoms with van der Waals surface area (Å²) in [5, 5.41) is 4.74. The highest BCUT2D eigenvalue weighted by Gasteiger charge is 2.08. The van der Waals surface area contributed by atoms with E-state index in [1.807, 2.05) is 18.2 Å². The molecule has 0 unspecified atom stereocenters. The molecule has 0 bridgehead atoms. The van der Waals surface area contributed by atoms with Crippen molar-refractivity contribution < 1.29 is 0 Å². The Hall–Kier alpha value is -0.280. The van der Waals surface area contributed by atoms with Crippen LogP contribution in [0.4, 0.5) is 0 Å². The first kappa shape index (κ1) is 18.1. The van der Waals surface area contributed by atoms with Gasteiger partial charge < -0.3 is 10.2 Å². The van der Waals surface area contributed by atoms with Crippen LogP contribution in [-0.4, -0.2) is 31.1 Å². The van der Waals surface area contributed by atoms with E-state index < -0.39 is 0 Å². The fourth-order valence-corrected chi connectivity index (χ4v) is 3.32. The fraction of sp³-hybridized carbons (Fsp3) is 0.667. The van der Waals surface area contributed by atoms with E-state index in [9.17, 15) is 0 Å². The summed E-state index contributed by atoms with van der Waals surface area (Å²) in [5.41, 5.74) is 1.19. The van der Waals surface area contributed by atoms with Crippen molar-refractivity contribution in [3.05, 3.63) is 33.8 Å². The molecular formula is C18H28Cl2N2. The van der Waals surface area contributed by atoms with Gasteiger partial charge in [0.2, 0.25) is 0 Å². The van der Waals surface area contributed by atoms with Crippen molar-refractivity contribution in [1.82, 2.24) is 10.2 Å². The maximum atomic E-state index is 6.01. The molecule has 1 aromatic carbocycles. The molecule has 124 valence electrons. The van der Waals surface area contributed by atoms with Crippen LogP contribution in [0, 0.1) is 0 Å². The van der Waals surface area contributed by atoms with Gasteiger partial charge in [-0.15, -0.1) is 0 Å². The summed E-state index contributed by atoms with van der Waals surface area (Å²) < 4.78 is 0. The van der Waals surface area contributed by atoms with Gasteiger partial charge in [-0.1, -0.05) is 48.5 Å². The fourth-order valence-electron chi connectivity index (χ4n) is 3.00. The van der Waals surface area contributed by atoms with Crippen molar-refractivity contribution in [3.63, 3.8) is 0 Å². The van der Waals surface area contributed by atoms with E-state index in [0.29, 0.717) is 10.0 Å². The van der Waals surface area contributed by atoms with Gasteiger partial charge in [0.05, 0.1) is 10.0 Å². The molecule has 2 nitrogen and oxygen atoms in total. The monoisotopic (exact) mass is 342 g/mol. The number of piperidine rings is 1. The molecule has 1 fully saturated rings. The van der Waals surface area contributed by atoms with Crippen LogP contribution in [-0.2, 0) is 6.54 Å². The summed E-state index contributed by atoms with van der Waals surface area (Å²) in [5.74, 6) is 0. The average molecular weight is 343 g/mol. The van der Waals surface area contributed by atoms with Gasteiger partial charge in [-0.25, -0.2) is 0 Å². The second-order valence-electron chi connectivity index (χ2n) is 6.24. The lowest BCUT2D eigenvalue weighted by Crippen LogP contribution is -2.30. The Morgan fingerprint density at radius 3 is 2.45 bits per heavy atom. The third-order valence-corrected chi connectivity index (χ3v) is 5.08. The summed E-state index contributed by atoms with van der Waals surface area (Å²) in [6, 6.07) is 5.83. The molecule has 0 radical (unpaired) electrons. The second-order valence-corrected chi connectivity index (χ2v) is 7.06. The van der Waals surface area contributed by atoms with Crippen molar-refractivity contribution in [2.24, 2.45) is 0 Å². The Labute approximate surface area is 145 Å². The number of likely N-dealkylation sites (tertiary alicyclic amines) is 1. The minimum Gasteiger partial charge on any atom is -0.313 e. The van der Waals surface area contributed by atoms with Crippen molar-refractivity contribution >= 4 is 23.2 Å². The number of hydrogen-bond donors (Lipinski definition) is 1. The van der Waals surface area contributed by atoms with Crippen LogP contribution in [0.5, 0.6) is 0 Å². The van der Waals surface area contributed by atoms with E-state index in [2.05, 4.69) is 10.2 Å². The van der Waals surface area contributed by atoms with E-state index >= 15 is 0 Å². The van der Waals surface area contributed by atoms with Gasteiger partial charge in [-0.3, -0.25) is 0 Å². The summed E-state index contributed by atoms with van der Waals surface area (Å²) in [6.45, 7) is 5.89. The first-order valence-electron chi connectivity index (χ1n) is 8.63. The predicted octanol–water partition coefficient (Wildman–Crippen LogP) is 5.13. The largest absolute Gasteiger partial charge is 0.313 e. The Bertz CT molecular complexity index is 431. The third kappa shape index (κ3) is 6.87. The molecule has 1 N–H and O–H groups in total. The van der Waals surface area contributed by atoms with Gasteiger partial charge in [0.1, 0.15) is 0 Å². The summed E-state index contributed by atoms with van der Waals surface area (Å²) in [4.78, 5) is 2.63. The van der Waals surface area contributed by atoms with Crippen LogP contribution in [0.25, 0.3) is 0 Å². The SMILES string of the molecule is Clc1ccc(CNCCCCCCN2CCCCC2)cc1Cl. The van der Waals surface area contributed by atoms with E-state index in [0.717, 1.165) is 13.1 Å². The zero-order chi connectivity index (χ0) is 15.6. The maximum Gasteiger partial charge on any atom is 0.0595 e. The van der Waals surface area contributed by atoms with Crippen molar-refractivity contribution in [2.75, 3.05) is 26.2 Å². The molecule has 1 aliphatic rings. The van der Waals surface area contributed by atoms with Crippen molar-refractivity contribution in [1.29, 1.82) is 0 Å². The molecule has 2 rings (SSSR count). The van der Waals surface area contributed by atoms with Crippen molar-refractivity contribution in [3.8, 4) is 0 Å². The molecular weight excluding hydrogens is 315 g/mol. The number of hydrogen-bond acceptors (Lipinski definition) is 2. The Balaban J connectivity index is 1.44. The molecule has 0 saturated carbocycles. The van der Waals surface area contributed by atoms with Gasteiger partial charge in [0.15, 0.2) is 0 Å². The molecule has 22 heavy (non-hydrogen) atoms. The summed E-state index contributed by atoms with van der Waals surface area (Å²) in [6.07, 6.45) is 9.51.